The van der Waals surface area contributed by atoms with Gasteiger partial charge < -0.3 is 0 Å². The Hall–Kier alpha value is -0.780. The molecule has 1 aliphatic carbocycles. The average molecular weight is 373 g/mol. The maximum atomic E-state index is 4.14. The Morgan fingerprint density at radius 2 is 0.926 bits per heavy atom. The fourth-order valence-electron chi connectivity index (χ4n) is 4.24. The van der Waals surface area contributed by atoms with E-state index >= 15 is 0 Å². The monoisotopic (exact) mass is 372 g/mol. The highest BCUT2D eigenvalue weighted by molar-refractivity contribution is 5.51. The van der Waals surface area contributed by atoms with Gasteiger partial charge in [0.05, 0.1) is 0 Å². The highest BCUT2D eigenvalue weighted by Crippen LogP contribution is 2.27. The normalized spacial score (nSPS) is 13.9. The van der Waals surface area contributed by atoms with Crippen molar-refractivity contribution in [2.45, 2.75) is 136 Å². The number of hydrogen-bond donors (Lipinski definition) is 0. The number of hydrogen-bond acceptors (Lipinski definition) is 0. The minimum absolute atomic E-state index is 1.23. The van der Waals surface area contributed by atoms with Crippen LogP contribution < -0.4 is 0 Å². The van der Waals surface area contributed by atoms with Crippen LogP contribution in [-0.4, -0.2) is 0 Å². The lowest BCUT2D eigenvalue weighted by Gasteiger charge is -2.06. The molecule has 0 nitrogen and oxygen atoms in total. The zero-order valence-corrected chi connectivity index (χ0v) is 18.8. The van der Waals surface area contributed by atoms with Crippen molar-refractivity contribution in [3.05, 3.63) is 35.5 Å². The molecule has 0 heteroatoms. The second-order valence-electron chi connectivity index (χ2n) is 8.78. The van der Waals surface area contributed by atoms with Crippen molar-refractivity contribution < 1.29 is 0 Å². The minimum Gasteiger partial charge on any atom is -0.0915 e. The smallest absolute Gasteiger partial charge is 0.0271 e. The first-order valence-corrected chi connectivity index (χ1v) is 12.3. The van der Waals surface area contributed by atoms with Gasteiger partial charge in [-0.1, -0.05) is 135 Å². The van der Waals surface area contributed by atoms with Crippen LogP contribution >= 0.6 is 0 Å². The summed E-state index contributed by atoms with van der Waals surface area (Å²) in [5.74, 6) is 0. The Bertz CT molecular complexity index is 423. The third-order valence-corrected chi connectivity index (χ3v) is 6.18. The van der Waals surface area contributed by atoms with Gasteiger partial charge in [-0.05, 0) is 36.5 Å². The third-order valence-electron chi connectivity index (χ3n) is 6.18. The van der Waals surface area contributed by atoms with Crippen LogP contribution in [0.3, 0.4) is 0 Å². The summed E-state index contributed by atoms with van der Waals surface area (Å²) in [7, 11) is 0. The fourth-order valence-corrected chi connectivity index (χ4v) is 4.24. The predicted molar refractivity (Wildman–Crippen MR) is 124 cm³/mol. The summed E-state index contributed by atoms with van der Waals surface area (Å²) < 4.78 is 0. The van der Waals surface area contributed by atoms with Crippen LogP contribution in [0, 0.1) is 0 Å². The third kappa shape index (κ3) is 13.1. The number of allylic oxidation sites excluding steroid dienone is 5. The Morgan fingerprint density at radius 3 is 1.26 bits per heavy atom. The van der Waals surface area contributed by atoms with Crippen molar-refractivity contribution in [2.75, 3.05) is 0 Å². The summed E-state index contributed by atoms with van der Waals surface area (Å²) >= 11 is 0. The van der Waals surface area contributed by atoms with Gasteiger partial charge >= 0.3 is 0 Å². The largest absolute Gasteiger partial charge is 0.0915 e. The van der Waals surface area contributed by atoms with Gasteiger partial charge in [0.1, 0.15) is 0 Å². The Kier molecular flexibility index (Phi) is 15.6. The standard InChI is InChI=1S/C27H48/c1-4-5-6-7-8-9-10-11-12-13-14-15-16-17-18-19-20-21-22-27-25(2)23-24-26(27)3/h23-24H,2,4-22H2,1,3H3. The molecule has 0 heterocycles. The van der Waals surface area contributed by atoms with Gasteiger partial charge in [-0.15, -0.1) is 0 Å². The van der Waals surface area contributed by atoms with E-state index in [4.69, 9.17) is 0 Å². The first-order valence-electron chi connectivity index (χ1n) is 12.3. The van der Waals surface area contributed by atoms with Gasteiger partial charge in [0.25, 0.3) is 0 Å². The lowest BCUT2D eigenvalue weighted by Crippen LogP contribution is -1.87. The maximum absolute atomic E-state index is 4.14. The summed E-state index contributed by atoms with van der Waals surface area (Å²) in [5, 5.41) is 0. The van der Waals surface area contributed by atoms with E-state index in [-0.39, 0.29) is 0 Å². The topological polar surface area (TPSA) is 0 Å². The molecule has 0 radical (unpaired) electrons. The van der Waals surface area contributed by atoms with E-state index in [1.165, 1.54) is 139 Å². The lowest BCUT2D eigenvalue weighted by atomic mass is 9.99. The molecule has 0 aromatic carbocycles. The summed E-state index contributed by atoms with van der Waals surface area (Å²) in [6.45, 7) is 8.66. The zero-order chi connectivity index (χ0) is 19.6. The molecule has 0 aromatic heterocycles. The number of rotatable bonds is 19. The van der Waals surface area contributed by atoms with Gasteiger partial charge in [-0.25, -0.2) is 0 Å². The maximum Gasteiger partial charge on any atom is -0.0271 e. The van der Waals surface area contributed by atoms with Crippen LogP contribution in [0.5, 0.6) is 0 Å². The second kappa shape index (κ2) is 17.3. The molecule has 0 spiro atoms. The van der Waals surface area contributed by atoms with E-state index in [0.717, 1.165) is 0 Å². The molecule has 1 rings (SSSR count). The quantitative estimate of drug-likeness (QED) is 0.198. The lowest BCUT2D eigenvalue weighted by molar-refractivity contribution is 0.525. The van der Waals surface area contributed by atoms with E-state index in [2.05, 4.69) is 32.6 Å². The highest BCUT2D eigenvalue weighted by atomic mass is 14.1. The second-order valence-corrected chi connectivity index (χ2v) is 8.78. The molecule has 0 amide bonds. The van der Waals surface area contributed by atoms with E-state index in [1.807, 2.05) is 0 Å². The van der Waals surface area contributed by atoms with Crippen LogP contribution in [-0.2, 0) is 0 Å². The molecule has 0 N–H and O–H groups in total. The van der Waals surface area contributed by atoms with Crippen molar-refractivity contribution >= 4 is 0 Å². The van der Waals surface area contributed by atoms with Crippen molar-refractivity contribution in [1.29, 1.82) is 0 Å². The Morgan fingerprint density at radius 1 is 0.556 bits per heavy atom. The summed E-state index contributed by atoms with van der Waals surface area (Å²) in [6.07, 6.45) is 31.6. The van der Waals surface area contributed by atoms with Crippen LogP contribution in [0.25, 0.3) is 0 Å². The van der Waals surface area contributed by atoms with Gasteiger partial charge in [0, 0.05) is 0 Å². The molecule has 0 saturated heterocycles. The van der Waals surface area contributed by atoms with Gasteiger partial charge in [-0.3, -0.25) is 0 Å². The summed E-state index contributed by atoms with van der Waals surface area (Å²) in [6, 6.07) is 0. The molecule has 156 valence electrons. The zero-order valence-electron chi connectivity index (χ0n) is 18.8. The molecule has 0 aliphatic heterocycles. The molecule has 0 saturated carbocycles. The van der Waals surface area contributed by atoms with Crippen molar-refractivity contribution in [3.8, 4) is 0 Å². The van der Waals surface area contributed by atoms with Crippen LogP contribution in [0.2, 0.25) is 0 Å². The molecule has 27 heavy (non-hydrogen) atoms. The Labute approximate surface area is 171 Å². The Balaban J connectivity index is 1.72. The van der Waals surface area contributed by atoms with Gasteiger partial charge in [0.15, 0.2) is 0 Å². The SMILES string of the molecule is C=C1C=CC(C)=C1CCCCCCCCCCCCCCCCCCCC. The van der Waals surface area contributed by atoms with Crippen molar-refractivity contribution in [3.63, 3.8) is 0 Å². The van der Waals surface area contributed by atoms with Gasteiger partial charge in [0.2, 0.25) is 0 Å². The van der Waals surface area contributed by atoms with Crippen molar-refractivity contribution in [2.24, 2.45) is 0 Å². The van der Waals surface area contributed by atoms with Crippen LogP contribution in [0.15, 0.2) is 35.5 Å². The highest BCUT2D eigenvalue weighted by Gasteiger charge is 2.08. The molecule has 1 aliphatic rings. The molecule has 0 fully saturated rings. The van der Waals surface area contributed by atoms with Crippen LogP contribution in [0.1, 0.15) is 136 Å². The first kappa shape index (κ1) is 24.3. The van der Waals surface area contributed by atoms with Crippen molar-refractivity contribution in [1.82, 2.24) is 0 Å². The molecule has 0 bridgehead atoms. The van der Waals surface area contributed by atoms with Gasteiger partial charge in [-0.2, -0.15) is 0 Å². The minimum atomic E-state index is 1.23. The average Bonchev–Trinajstić information content (AvgIpc) is 2.99. The molecule has 0 unspecified atom stereocenters. The first-order chi connectivity index (χ1) is 13.3. The van der Waals surface area contributed by atoms with E-state index in [1.54, 1.807) is 0 Å². The van der Waals surface area contributed by atoms with Crippen LogP contribution in [0.4, 0.5) is 0 Å². The number of unbranched alkanes of at least 4 members (excludes halogenated alkanes) is 17. The molecule has 0 aromatic rings. The fraction of sp³-hybridized carbons (Fsp3) is 0.778. The molecule has 0 atom stereocenters. The van der Waals surface area contributed by atoms with E-state index < -0.39 is 0 Å². The summed E-state index contributed by atoms with van der Waals surface area (Å²) in [4.78, 5) is 0. The summed E-state index contributed by atoms with van der Waals surface area (Å²) in [5.41, 5.74) is 4.19. The molecular weight excluding hydrogens is 324 g/mol. The molecular formula is C27H48. The van der Waals surface area contributed by atoms with E-state index in [0.29, 0.717) is 0 Å². The predicted octanol–water partition coefficient (Wildman–Crippen LogP) is 9.86. The van der Waals surface area contributed by atoms with E-state index in [9.17, 15) is 0 Å².